The predicted molar refractivity (Wildman–Crippen MR) is 127 cm³/mol. The van der Waals surface area contributed by atoms with Crippen molar-refractivity contribution in [3.63, 3.8) is 0 Å². The number of aromatic nitrogens is 5. The lowest BCUT2D eigenvalue weighted by Gasteiger charge is -2.47. The van der Waals surface area contributed by atoms with Crippen molar-refractivity contribution < 1.29 is 9.18 Å². The van der Waals surface area contributed by atoms with Gasteiger partial charge >= 0.3 is 0 Å². The van der Waals surface area contributed by atoms with Gasteiger partial charge in [0.2, 0.25) is 5.91 Å². The second kappa shape index (κ2) is 9.04. The molecule has 0 spiro atoms. The Hall–Kier alpha value is -3.75. The molecule has 1 aromatic carbocycles. The van der Waals surface area contributed by atoms with E-state index in [-0.39, 0.29) is 29.5 Å². The molecule has 0 saturated carbocycles. The van der Waals surface area contributed by atoms with Crippen LogP contribution < -0.4 is 5.32 Å². The first-order valence-electron chi connectivity index (χ1n) is 12.2. The molecule has 1 unspecified atom stereocenters. The van der Waals surface area contributed by atoms with Crippen LogP contribution in [0.2, 0.25) is 0 Å². The van der Waals surface area contributed by atoms with E-state index in [1.54, 1.807) is 23.9 Å². The average Bonchev–Trinajstić information content (AvgIpc) is 3.58. The van der Waals surface area contributed by atoms with E-state index in [1.807, 2.05) is 17.0 Å². The molecule has 0 bridgehead atoms. The van der Waals surface area contributed by atoms with Crippen LogP contribution in [0.25, 0.3) is 5.69 Å². The van der Waals surface area contributed by atoms with E-state index in [1.165, 1.54) is 12.4 Å². The van der Waals surface area contributed by atoms with Gasteiger partial charge < -0.3 is 10.2 Å². The van der Waals surface area contributed by atoms with Crippen LogP contribution in [0, 0.1) is 24.1 Å². The molecular weight excluding hydrogens is 461 g/mol. The Labute approximate surface area is 207 Å². The van der Waals surface area contributed by atoms with Crippen LogP contribution >= 0.6 is 0 Å². The van der Waals surface area contributed by atoms with Crippen LogP contribution in [-0.2, 0) is 11.2 Å². The molecule has 0 radical (unpaired) electrons. The van der Waals surface area contributed by atoms with Gasteiger partial charge in [-0.15, -0.1) is 5.10 Å². The first-order chi connectivity index (χ1) is 17.5. The van der Waals surface area contributed by atoms with E-state index in [9.17, 15) is 14.4 Å². The Balaban J connectivity index is 1.12. The maximum Gasteiger partial charge on any atom is 0.231 e. The van der Waals surface area contributed by atoms with Crippen molar-refractivity contribution in [2.75, 3.05) is 32.7 Å². The van der Waals surface area contributed by atoms with Crippen LogP contribution in [0.15, 0.2) is 30.7 Å². The fraction of sp³-hybridized carbons (Fsp3) is 0.440. The van der Waals surface area contributed by atoms with Crippen molar-refractivity contribution in [3.8, 4) is 11.8 Å². The second-order valence-corrected chi connectivity index (χ2v) is 9.73. The van der Waals surface area contributed by atoms with Crippen LogP contribution in [-0.4, -0.2) is 79.7 Å². The predicted octanol–water partition coefficient (Wildman–Crippen LogP) is 1.26. The first kappa shape index (κ1) is 22.7. The summed E-state index contributed by atoms with van der Waals surface area (Å²) in [6.45, 7) is 5.41. The monoisotopic (exact) mass is 487 g/mol. The third-order valence-electron chi connectivity index (χ3n) is 7.81. The molecule has 4 heterocycles. The Morgan fingerprint density at radius 2 is 2.17 bits per heavy atom. The Morgan fingerprint density at radius 3 is 2.97 bits per heavy atom. The lowest BCUT2D eigenvalue weighted by atomic mass is 9.93. The molecule has 1 N–H and O–H groups in total. The van der Waals surface area contributed by atoms with E-state index in [0.29, 0.717) is 18.7 Å². The zero-order chi connectivity index (χ0) is 24.8. The number of amides is 1. The number of pyridine rings is 1. The second-order valence-electron chi connectivity index (χ2n) is 9.73. The number of benzene rings is 1. The number of nitriles is 1. The molecule has 184 valence electrons. The summed E-state index contributed by atoms with van der Waals surface area (Å²) >= 11 is 0. The smallest absolute Gasteiger partial charge is 0.231 e. The maximum absolute atomic E-state index is 14.0. The number of piperazine rings is 2. The number of nitrogens with one attached hydrogen (secondary N) is 1. The summed E-state index contributed by atoms with van der Waals surface area (Å²) in [4.78, 5) is 22.5. The van der Waals surface area contributed by atoms with Gasteiger partial charge in [0, 0.05) is 44.8 Å². The van der Waals surface area contributed by atoms with Crippen molar-refractivity contribution in [2.24, 2.45) is 0 Å². The van der Waals surface area contributed by atoms with Gasteiger partial charge in [-0.05, 0) is 59.0 Å². The van der Waals surface area contributed by atoms with E-state index >= 15 is 0 Å². The third kappa shape index (κ3) is 3.83. The average molecular weight is 488 g/mol. The number of carbonyl (C=O) groups is 1. The van der Waals surface area contributed by atoms with Crippen molar-refractivity contribution in [3.05, 3.63) is 64.5 Å². The van der Waals surface area contributed by atoms with Gasteiger partial charge in [-0.25, -0.2) is 4.39 Å². The quantitative estimate of drug-likeness (QED) is 0.587. The highest BCUT2D eigenvalue weighted by molar-refractivity contribution is 5.84. The van der Waals surface area contributed by atoms with E-state index in [0.717, 1.165) is 55.0 Å². The van der Waals surface area contributed by atoms with Crippen LogP contribution in [0.5, 0.6) is 0 Å². The number of nitrogens with zero attached hydrogens (tertiary/aromatic N) is 8. The van der Waals surface area contributed by atoms with Crippen molar-refractivity contribution in [1.82, 2.24) is 40.3 Å². The Bertz CT molecular complexity index is 1350. The number of tetrazole rings is 1. The number of fused-ring (bicyclic) bond motifs is 2. The van der Waals surface area contributed by atoms with Gasteiger partial charge in [0.25, 0.3) is 0 Å². The highest BCUT2D eigenvalue weighted by Gasteiger charge is 2.39. The lowest BCUT2D eigenvalue weighted by Crippen LogP contribution is -2.63. The number of hydrogen-bond acceptors (Lipinski definition) is 8. The Morgan fingerprint density at radius 1 is 1.28 bits per heavy atom. The number of carbonyl (C=O) groups excluding carboxylic acids is 1. The molecule has 1 aliphatic carbocycles. The molecule has 3 aliphatic rings. The summed E-state index contributed by atoms with van der Waals surface area (Å²) in [5.74, 6) is -0.551. The number of halogens is 1. The minimum Gasteiger partial charge on any atom is -0.339 e. The zero-order valence-electron chi connectivity index (χ0n) is 19.9. The SMILES string of the molecule is Cc1c([C@@H]2CN3CCN(C(=O)C4CCc5cc(-n6cnnn6)cnc54)C[C@H]3CN2)ccc(F)c1C#N. The summed E-state index contributed by atoms with van der Waals surface area (Å²) < 4.78 is 15.6. The fourth-order valence-corrected chi connectivity index (χ4v) is 5.85. The number of rotatable bonds is 3. The highest BCUT2D eigenvalue weighted by atomic mass is 19.1. The maximum atomic E-state index is 14.0. The van der Waals surface area contributed by atoms with Gasteiger partial charge in [-0.3, -0.25) is 14.7 Å². The number of hydrogen-bond donors (Lipinski definition) is 1. The van der Waals surface area contributed by atoms with Gasteiger partial charge in [0.15, 0.2) is 0 Å². The van der Waals surface area contributed by atoms with Gasteiger partial charge in [0.05, 0.1) is 29.1 Å². The van der Waals surface area contributed by atoms with E-state index in [2.05, 4.69) is 30.7 Å². The van der Waals surface area contributed by atoms with Crippen LogP contribution in [0.4, 0.5) is 4.39 Å². The number of aryl methyl sites for hydroxylation is 1. The van der Waals surface area contributed by atoms with Crippen LogP contribution in [0.1, 0.15) is 46.3 Å². The van der Waals surface area contributed by atoms with Crippen molar-refractivity contribution in [1.29, 1.82) is 5.26 Å². The zero-order valence-corrected chi connectivity index (χ0v) is 19.9. The van der Waals surface area contributed by atoms with Crippen molar-refractivity contribution in [2.45, 2.75) is 37.8 Å². The van der Waals surface area contributed by atoms with Crippen molar-refractivity contribution >= 4 is 5.91 Å². The fourth-order valence-electron chi connectivity index (χ4n) is 5.85. The summed E-state index contributed by atoms with van der Waals surface area (Å²) in [6.07, 6.45) is 4.82. The molecule has 3 aromatic rings. The molecule has 2 aliphatic heterocycles. The highest BCUT2D eigenvalue weighted by Crippen LogP contribution is 2.35. The summed E-state index contributed by atoms with van der Waals surface area (Å²) in [5.41, 5.74) is 4.50. The van der Waals surface area contributed by atoms with Gasteiger partial charge in [-0.1, -0.05) is 6.07 Å². The summed E-state index contributed by atoms with van der Waals surface area (Å²) in [7, 11) is 0. The summed E-state index contributed by atoms with van der Waals surface area (Å²) in [5, 5.41) is 24.2. The Kier molecular flexibility index (Phi) is 5.70. The minimum absolute atomic E-state index is 0.0245. The molecule has 10 nitrogen and oxygen atoms in total. The molecule has 11 heteroatoms. The molecular formula is C25H26FN9O. The van der Waals surface area contributed by atoms with Gasteiger partial charge in [-0.2, -0.15) is 9.94 Å². The lowest BCUT2D eigenvalue weighted by molar-refractivity contribution is -0.136. The molecule has 2 saturated heterocycles. The molecule has 2 aromatic heterocycles. The normalized spacial score (nSPS) is 23.7. The largest absolute Gasteiger partial charge is 0.339 e. The standard InChI is InChI=1S/C25H26FN9O/c1-15-19(4-5-22(26)21(15)9-27)23-13-33-6-7-34(12-18(33)11-28-23)25(36)20-3-2-16-8-17(10-29-24(16)20)35-14-30-31-32-35/h4-5,8,10,14,18,20,23,28H,2-3,6-7,11-13H2,1H3/t18-,20?,23+/m1/s1. The van der Waals surface area contributed by atoms with Gasteiger partial charge in [0.1, 0.15) is 18.2 Å². The first-order valence-corrected chi connectivity index (χ1v) is 12.2. The van der Waals surface area contributed by atoms with E-state index in [4.69, 9.17) is 0 Å². The molecule has 2 fully saturated rings. The molecule has 1 amide bonds. The third-order valence-corrected chi connectivity index (χ3v) is 7.81. The minimum atomic E-state index is -0.478. The summed E-state index contributed by atoms with van der Waals surface area (Å²) in [6, 6.07) is 7.40. The molecule has 6 rings (SSSR count). The molecule has 3 atom stereocenters. The van der Waals surface area contributed by atoms with Crippen LogP contribution in [0.3, 0.4) is 0 Å². The molecule has 36 heavy (non-hydrogen) atoms. The topological polar surface area (TPSA) is 116 Å². The van der Waals surface area contributed by atoms with E-state index < -0.39 is 5.82 Å².